The third-order valence-corrected chi connectivity index (χ3v) is 5.84. The maximum Gasteiger partial charge on any atom is 0.289 e. The van der Waals surface area contributed by atoms with E-state index in [1.807, 2.05) is 30.9 Å². The Labute approximate surface area is 161 Å². The first-order chi connectivity index (χ1) is 13.1. The number of hydrogen-bond acceptors (Lipinski definition) is 4. The second-order valence-electron chi connectivity index (χ2n) is 8.01. The molecule has 5 heteroatoms. The van der Waals surface area contributed by atoms with Crippen LogP contribution in [0.4, 0.5) is 0 Å². The molecule has 0 unspecified atom stereocenters. The van der Waals surface area contributed by atoms with Gasteiger partial charge in [0.05, 0.1) is 6.10 Å². The number of furan rings is 1. The van der Waals surface area contributed by atoms with Crippen LogP contribution in [-0.2, 0) is 4.74 Å². The number of benzene rings is 1. The molecule has 2 aliphatic rings. The van der Waals surface area contributed by atoms with Crippen molar-refractivity contribution in [2.24, 2.45) is 0 Å². The maximum atomic E-state index is 13.2. The molecule has 0 spiro atoms. The molecule has 0 aliphatic carbocycles. The number of nitrogens with zero attached hydrogens (tertiary/aromatic N) is 2. The van der Waals surface area contributed by atoms with Crippen LogP contribution in [0.3, 0.4) is 0 Å². The van der Waals surface area contributed by atoms with Gasteiger partial charge < -0.3 is 19.0 Å². The molecule has 0 N–H and O–H groups in total. The fraction of sp³-hybridized carbons (Fsp3) is 0.591. The van der Waals surface area contributed by atoms with Crippen LogP contribution in [0.25, 0.3) is 11.0 Å². The second-order valence-corrected chi connectivity index (χ2v) is 8.01. The van der Waals surface area contributed by atoms with E-state index in [2.05, 4.69) is 11.0 Å². The van der Waals surface area contributed by atoms with E-state index in [1.165, 1.54) is 19.3 Å². The summed E-state index contributed by atoms with van der Waals surface area (Å²) in [6, 6.07) is 6.11. The number of ether oxygens (including phenoxy) is 1. The van der Waals surface area contributed by atoms with E-state index in [4.69, 9.17) is 9.15 Å². The van der Waals surface area contributed by atoms with Gasteiger partial charge >= 0.3 is 0 Å². The fourth-order valence-electron chi connectivity index (χ4n) is 4.30. The molecule has 2 fully saturated rings. The molecule has 2 aromatic rings. The topological polar surface area (TPSA) is 45.9 Å². The molecule has 3 heterocycles. The van der Waals surface area contributed by atoms with Crippen molar-refractivity contribution in [3.8, 4) is 0 Å². The van der Waals surface area contributed by atoms with Gasteiger partial charge in [-0.15, -0.1) is 0 Å². The lowest BCUT2D eigenvalue weighted by atomic mass is 10.1. The molecule has 27 heavy (non-hydrogen) atoms. The van der Waals surface area contributed by atoms with Crippen molar-refractivity contribution in [2.75, 3.05) is 39.3 Å². The Morgan fingerprint density at radius 2 is 1.93 bits per heavy atom. The van der Waals surface area contributed by atoms with Gasteiger partial charge in [-0.2, -0.15) is 0 Å². The number of carbonyl (C=O) groups is 1. The Balaban J connectivity index is 1.50. The van der Waals surface area contributed by atoms with Gasteiger partial charge in [-0.3, -0.25) is 4.79 Å². The third-order valence-electron chi connectivity index (χ3n) is 5.84. The summed E-state index contributed by atoms with van der Waals surface area (Å²) in [6.07, 6.45) is 4.83. The predicted octanol–water partition coefficient (Wildman–Crippen LogP) is 3.77. The van der Waals surface area contributed by atoms with Gasteiger partial charge in [0.1, 0.15) is 5.58 Å². The van der Waals surface area contributed by atoms with Gasteiger partial charge in [-0.05, 0) is 57.8 Å². The SMILES string of the molecule is Cc1ccc2c(C)c(C(=O)N3CCCO[C@H](CN4CCCCC4)C3)oc2c1. The molecule has 1 amide bonds. The Kier molecular flexibility index (Phi) is 5.50. The summed E-state index contributed by atoms with van der Waals surface area (Å²) in [4.78, 5) is 17.6. The van der Waals surface area contributed by atoms with Crippen LogP contribution in [0.1, 0.15) is 47.4 Å². The van der Waals surface area contributed by atoms with Gasteiger partial charge in [-0.1, -0.05) is 18.6 Å². The normalized spacial score (nSPS) is 22.1. The molecule has 1 atom stereocenters. The minimum absolute atomic E-state index is 0.00417. The van der Waals surface area contributed by atoms with Crippen LogP contribution < -0.4 is 0 Å². The lowest BCUT2D eigenvalue weighted by Crippen LogP contribution is -2.43. The van der Waals surface area contributed by atoms with E-state index in [9.17, 15) is 4.79 Å². The third kappa shape index (κ3) is 4.04. The highest BCUT2D eigenvalue weighted by Crippen LogP contribution is 2.27. The number of amides is 1. The largest absolute Gasteiger partial charge is 0.451 e. The highest BCUT2D eigenvalue weighted by atomic mass is 16.5. The van der Waals surface area contributed by atoms with Gasteiger partial charge in [0.2, 0.25) is 0 Å². The summed E-state index contributed by atoms with van der Waals surface area (Å²) in [7, 11) is 0. The summed E-state index contributed by atoms with van der Waals surface area (Å²) in [6.45, 7) is 9.33. The van der Waals surface area contributed by atoms with Crippen molar-refractivity contribution in [3.63, 3.8) is 0 Å². The first kappa shape index (κ1) is 18.5. The van der Waals surface area contributed by atoms with E-state index in [-0.39, 0.29) is 12.0 Å². The summed E-state index contributed by atoms with van der Waals surface area (Å²) >= 11 is 0. The average Bonchev–Trinajstić information content (AvgIpc) is 2.84. The molecular formula is C22H30N2O3. The number of carbonyl (C=O) groups excluding carboxylic acids is 1. The number of rotatable bonds is 3. The van der Waals surface area contributed by atoms with Gasteiger partial charge in [0.25, 0.3) is 5.91 Å². The van der Waals surface area contributed by atoms with Crippen molar-refractivity contribution in [2.45, 2.75) is 45.6 Å². The zero-order valence-corrected chi connectivity index (χ0v) is 16.5. The highest BCUT2D eigenvalue weighted by Gasteiger charge is 2.28. The standard InChI is InChI=1S/C22H30N2O3/c1-16-7-8-19-17(2)21(27-20(19)13-16)22(25)24-11-6-12-26-18(15-24)14-23-9-4-3-5-10-23/h7-8,13,18H,3-6,9-12,14-15H2,1-2H3/t18-/m1/s1. The number of fused-ring (bicyclic) bond motifs is 1. The predicted molar refractivity (Wildman–Crippen MR) is 106 cm³/mol. The number of hydrogen-bond donors (Lipinski definition) is 0. The minimum Gasteiger partial charge on any atom is -0.451 e. The average molecular weight is 370 g/mol. The van der Waals surface area contributed by atoms with Crippen LogP contribution >= 0.6 is 0 Å². The van der Waals surface area contributed by atoms with Crippen molar-refractivity contribution >= 4 is 16.9 Å². The minimum atomic E-state index is -0.00417. The van der Waals surface area contributed by atoms with E-state index < -0.39 is 0 Å². The number of likely N-dealkylation sites (tertiary alicyclic amines) is 1. The Hall–Kier alpha value is -1.85. The summed E-state index contributed by atoms with van der Waals surface area (Å²) < 4.78 is 12.0. The van der Waals surface area contributed by atoms with Crippen molar-refractivity contribution < 1.29 is 13.9 Å². The summed E-state index contributed by atoms with van der Waals surface area (Å²) in [5, 5.41) is 1.03. The summed E-state index contributed by atoms with van der Waals surface area (Å²) in [5.74, 6) is 0.477. The smallest absolute Gasteiger partial charge is 0.289 e. The Morgan fingerprint density at radius 1 is 1.11 bits per heavy atom. The summed E-state index contributed by atoms with van der Waals surface area (Å²) in [5.41, 5.74) is 2.87. The Morgan fingerprint density at radius 3 is 2.74 bits per heavy atom. The first-order valence-electron chi connectivity index (χ1n) is 10.2. The van der Waals surface area contributed by atoms with Crippen molar-refractivity contribution in [1.82, 2.24) is 9.80 Å². The van der Waals surface area contributed by atoms with E-state index in [0.29, 0.717) is 12.3 Å². The van der Waals surface area contributed by atoms with E-state index in [0.717, 1.165) is 61.3 Å². The Bertz CT molecular complexity index is 807. The maximum absolute atomic E-state index is 13.2. The molecule has 1 aromatic heterocycles. The van der Waals surface area contributed by atoms with Gasteiger partial charge in [0, 0.05) is 37.2 Å². The van der Waals surface area contributed by atoms with Gasteiger partial charge in [0.15, 0.2) is 5.76 Å². The molecule has 5 nitrogen and oxygen atoms in total. The van der Waals surface area contributed by atoms with Crippen LogP contribution in [0, 0.1) is 13.8 Å². The molecule has 0 bridgehead atoms. The molecule has 0 radical (unpaired) electrons. The number of piperidine rings is 1. The molecule has 1 aromatic carbocycles. The second kappa shape index (κ2) is 8.03. The number of aryl methyl sites for hydroxylation is 2. The fourth-order valence-corrected chi connectivity index (χ4v) is 4.30. The van der Waals surface area contributed by atoms with Crippen LogP contribution in [0.5, 0.6) is 0 Å². The van der Waals surface area contributed by atoms with Crippen LogP contribution in [0.2, 0.25) is 0 Å². The quantitative estimate of drug-likeness (QED) is 0.825. The molecule has 146 valence electrons. The van der Waals surface area contributed by atoms with E-state index >= 15 is 0 Å². The zero-order valence-electron chi connectivity index (χ0n) is 16.5. The van der Waals surface area contributed by atoms with Crippen molar-refractivity contribution in [1.29, 1.82) is 0 Å². The monoisotopic (exact) mass is 370 g/mol. The van der Waals surface area contributed by atoms with Gasteiger partial charge in [-0.25, -0.2) is 0 Å². The lowest BCUT2D eigenvalue weighted by molar-refractivity contribution is 0.0211. The molecule has 4 rings (SSSR count). The zero-order chi connectivity index (χ0) is 18.8. The van der Waals surface area contributed by atoms with Crippen LogP contribution in [0.15, 0.2) is 22.6 Å². The molecule has 0 saturated carbocycles. The van der Waals surface area contributed by atoms with Crippen molar-refractivity contribution in [3.05, 3.63) is 35.1 Å². The molecule has 2 saturated heterocycles. The van der Waals surface area contributed by atoms with E-state index in [1.54, 1.807) is 0 Å². The molecule has 2 aliphatic heterocycles. The van der Waals surface area contributed by atoms with Crippen LogP contribution in [-0.4, -0.2) is 61.1 Å². The molecular weight excluding hydrogens is 340 g/mol. The first-order valence-corrected chi connectivity index (χ1v) is 10.2. The lowest BCUT2D eigenvalue weighted by Gasteiger charge is -2.31. The highest BCUT2D eigenvalue weighted by molar-refractivity contribution is 5.99.